The van der Waals surface area contributed by atoms with Crippen LogP contribution in [0, 0.1) is 5.92 Å². The van der Waals surface area contributed by atoms with Crippen molar-refractivity contribution in [2.75, 3.05) is 17.7 Å². The van der Waals surface area contributed by atoms with E-state index in [-0.39, 0.29) is 5.91 Å². The average molecular weight is 408 g/mol. The maximum Gasteiger partial charge on any atom is 0.259 e. The number of ether oxygens (including phenoxy) is 1. The Balaban J connectivity index is 1.64. The van der Waals surface area contributed by atoms with Crippen molar-refractivity contribution in [2.45, 2.75) is 32.7 Å². The van der Waals surface area contributed by atoms with Crippen molar-refractivity contribution >= 4 is 27.9 Å². The van der Waals surface area contributed by atoms with E-state index < -0.39 is 0 Å². The fourth-order valence-electron chi connectivity index (χ4n) is 3.73. The number of nitrogens with one attached hydrogen (secondary N) is 2. The molecular weight excluding hydrogens is 382 g/mol. The summed E-state index contributed by atoms with van der Waals surface area (Å²) >= 11 is 1.71. The average Bonchev–Trinajstić information content (AvgIpc) is 3.11. The molecular formula is C23H25N3O2S. The molecule has 1 amide bonds. The molecule has 0 fully saturated rings. The normalized spacial score (nSPS) is 15.4. The Hall–Kier alpha value is -2.86. The summed E-state index contributed by atoms with van der Waals surface area (Å²) in [6.07, 6.45) is 6.66. The number of carbonyl (C=O) groups excluding carboxylic acids is 1. The van der Waals surface area contributed by atoms with Gasteiger partial charge >= 0.3 is 0 Å². The SMILES string of the molecule is COc1ccccc1NC(=O)c1c(NCc2ccncc2)sc2c1CCC(C)C2. The fourth-order valence-corrected chi connectivity index (χ4v) is 5.14. The third kappa shape index (κ3) is 4.27. The molecule has 1 aliphatic carbocycles. The van der Waals surface area contributed by atoms with Gasteiger partial charge in [0, 0.05) is 23.8 Å². The summed E-state index contributed by atoms with van der Waals surface area (Å²) in [5.74, 6) is 1.22. The molecule has 0 bridgehead atoms. The second-order valence-electron chi connectivity index (χ2n) is 7.42. The van der Waals surface area contributed by atoms with Crippen molar-refractivity contribution in [2.24, 2.45) is 5.92 Å². The van der Waals surface area contributed by atoms with E-state index in [4.69, 9.17) is 4.74 Å². The summed E-state index contributed by atoms with van der Waals surface area (Å²) in [6, 6.07) is 11.5. The highest BCUT2D eigenvalue weighted by Crippen LogP contribution is 2.40. The number of methoxy groups -OCH3 is 1. The molecule has 2 N–H and O–H groups in total. The number of anilines is 2. The van der Waals surface area contributed by atoms with Gasteiger partial charge in [-0.05, 0) is 60.6 Å². The van der Waals surface area contributed by atoms with Gasteiger partial charge in [-0.25, -0.2) is 0 Å². The van der Waals surface area contributed by atoms with E-state index in [1.165, 1.54) is 10.4 Å². The van der Waals surface area contributed by atoms with Gasteiger partial charge in [0.15, 0.2) is 0 Å². The molecule has 150 valence electrons. The van der Waals surface area contributed by atoms with Crippen molar-refractivity contribution in [3.05, 3.63) is 70.4 Å². The third-order valence-corrected chi connectivity index (χ3v) is 6.51. The van der Waals surface area contributed by atoms with Crippen LogP contribution in [0.15, 0.2) is 48.8 Å². The summed E-state index contributed by atoms with van der Waals surface area (Å²) < 4.78 is 5.39. The first-order chi connectivity index (χ1) is 14.2. The quantitative estimate of drug-likeness (QED) is 0.594. The monoisotopic (exact) mass is 407 g/mol. The van der Waals surface area contributed by atoms with Crippen LogP contribution < -0.4 is 15.4 Å². The van der Waals surface area contributed by atoms with Gasteiger partial charge in [-0.2, -0.15) is 0 Å². The number of para-hydroxylation sites is 2. The van der Waals surface area contributed by atoms with Crippen molar-refractivity contribution < 1.29 is 9.53 Å². The van der Waals surface area contributed by atoms with E-state index in [1.54, 1.807) is 30.8 Å². The second-order valence-corrected chi connectivity index (χ2v) is 8.52. The Morgan fingerprint density at radius 3 is 2.83 bits per heavy atom. The molecule has 5 nitrogen and oxygen atoms in total. The largest absolute Gasteiger partial charge is 0.495 e. The number of benzene rings is 1. The smallest absolute Gasteiger partial charge is 0.259 e. The number of nitrogens with zero attached hydrogens (tertiary/aromatic N) is 1. The first-order valence-corrected chi connectivity index (χ1v) is 10.7. The Labute approximate surface area is 175 Å². The van der Waals surface area contributed by atoms with Crippen LogP contribution in [0.3, 0.4) is 0 Å². The first-order valence-electron chi connectivity index (χ1n) is 9.87. The maximum atomic E-state index is 13.3. The molecule has 3 aromatic rings. The number of pyridine rings is 1. The van der Waals surface area contributed by atoms with E-state index in [9.17, 15) is 4.79 Å². The lowest BCUT2D eigenvalue weighted by molar-refractivity contribution is 0.102. The summed E-state index contributed by atoms with van der Waals surface area (Å²) in [7, 11) is 1.61. The molecule has 2 aromatic heterocycles. The summed E-state index contributed by atoms with van der Waals surface area (Å²) in [6.45, 7) is 2.94. The highest BCUT2D eigenvalue weighted by atomic mass is 32.1. The molecule has 1 aromatic carbocycles. The summed E-state index contributed by atoms with van der Waals surface area (Å²) in [5.41, 5.74) is 3.79. The highest BCUT2D eigenvalue weighted by molar-refractivity contribution is 7.16. The minimum absolute atomic E-state index is 0.0845. The zero-order valence-electron chi connectivity index (χ0n) is 16.7. The molecule has 4 rings (SSSR count). The number of hydrogen-bond donors (Lipinski definition) is 2. The topological polar surface area (TPSA) is 63.2 Å². The predicted molar refractivity (Wildman–Crippen MR) is 118 cm³/mol. The number of fused-ring (bicyclic) bond motifs is 1. The van der Waals surface area contributed by atoms with E-state index in [0.717, 1.165) is 35.4 Å². The van der Waals surface area contributed by atoms with Gasteiger partial charge in [0.05, 0.1) is 18.4 Å². The van der Waals surface area contributed by atoms with Gasteiger partial charge in [0.25, 0.3) is 5.91 Å². The van der Waals surface area contributed by atoms with Gasteiger partial charge in [-0.3, -0.25) is 9.78 Å². The zero-order valence-corrected chi connectivity index (χ0v) is 17.5. The predicted octanol–water partition coefficient (Wildman–Crippen LogP) is 5.14. The standard InChI is InChI=1S/C23H25N3O2S/c1-15-7-8-17-20(13-15)29-23(25-14-16-9-11-24-12-10-16)21(17)22(27)26-18-5-3-4-6-19(18)28-2/h3-6,9-12,15,25H,7-8,13-14H2,1-2H3,(H,26,27). The van der Waals surface area contributed by atoms with E-state index >= 15 is 0 Å². The summed E-state index contributed by atoms with van der Waals surface area (Å²) in [5, 5.41) is 7.49. The van der Waals surface area contributed by atoms with Crippen molar-refractivity contribution in [1.29, 1.82) is 0 Å². The van der Waals surface area contributed by atoms with Gasteiger partial charge in [-0.1, -0.05) is 19.1 Å². The Kier molecular flexibility index (Phi) is 5.81. The van der Waals surface area contributed by atoms with Crippen LogP contribution in [-0.4, -0.2) is 18.0 Å². The van der Waals surface area contributed by atoms with Crippen molar-refractivity contribution in [3.8, 4) is 5.75 Å². The number of rotatable bonds is 6. The third-order valence-electron chi connectivity index (χ3n) is 5.30. The summed E-state index contributed by atoms with van der Waals surface area (Å²) in [4.78, 5) is 18.7. The van der Waals surface area contributed by atoms with Crippen molar-refractivity contribution in [3.63, 3.8) is 0 Å². The molecule has 0 saturated heterocycles. The Morgan fingerprint density at radius 1 is 1.24 bits per heavy atom. The fraction of sp³-hybridized carbons (Fsp3) is 0.304. The van der Waals surface area contributed by atoms with Crippen LogP contribution in [0.1, 0.15) is 39.7 Å². The Bertz CT molecular complexity index is 1000. The number of hydrogen-bond acceptors (Lipinski definition) is 5. The van der Waals surface area contributed by atoms with Gasteiger partial charge in [-0.15, -0.1) is 11.3 Å². The van der Waals surface area contributed by atoms with Crippen LogP contribution in [-0.2, 0) is 19.4 Å². The number of thiophene rings is 1. The molecule has 0 saturated carbocycles. The molecule has 2 heterocycles. The molecule has 0 spiro atoms. The van der Waals surface area contributed by atoms with E-state index in [0.29, 0.717) is 23.9 Å². The lowest BCUT2D eigenvalue weighted by Crippen LogP contribution is -2.18. The Morgan fingerprint density at radius 2 is 2.03 bits per heavy atom. The molecule has 1 aliphatic rings. The van der Waals surface area contributed by atoms with E-state index in [1.807, 2.05) is 36.4 Å². The van der Waals surface area contributed by atoms with Gasteiger partial charge in [0.1, 0.15) is 10.8 Å². The minimum Gasteiger partial charge on any atom is -0.495 e. The van der Waals surface area contributed by atoms with Crippen molar-refractivity contribution in [1.82, 2.24) is 4.98 Å². The number of carbonyl (C=O) groups is 1. The van der Waals surface area contributed by atoms with Crippen LogP contribution in [0.5, 0.6) is 5.75 Å². The highest BCUT2D eigenvalue weighted by Gasteiger charge is 2.28. The second kappa shape index (κ2) is 8.66. The number of amides is 1. The molecule has 0 radical (unpaired) electrons. The lowest BCUT2D eigenvalue weighted by Gasteiger charge is -2.19. The first kappa shape index (κ1) is 19.5. The van der Waals surface area contributed by atoms with E-state index in [2.05, 4.69) is 22.5 Å². The van der Waals surface area contributed by atoms with Crippen LogP contribution in [0.2, 0.25) is 0 Å². The molecule has 29 heavy (non-hydrogen) atoms. The minimum atomic E-state index is -0.0845. The lowest BCUT2D eigenvalue weighted by atomic mass is 9.88. The zero-order chi connectivity index (χ0) is 20.2. The molecule has 0 aliphatic heterocycles. The maximum absolute atomic E-state index is 13.3. The van der Waals surface area contributed by atoms with Crippen LogP contribution in [0.4, 0.5) is 10.7 Å². The van der Waals surface area contributed by atoms with Gasteiger partial charge in [0.2, 0.25) is 0 Å². The molecule has 1 atom stereocenters. The van der Waals surface area contributed by atoms with Crippen LogP contribution in [0.25, 0.3) is 0 Å². The molecule has 1 unspecified atom stereocenters. The van der Waals surface area contributed by atoms with Gasteiger partial charge < -0.3 is 15.4 Å². The molecule has 6 heteroatoms. The number of aromatic nitrogens is 1. The van der Waals surface area contributed by atoms with Crippen LogP contribution >= 0.6 is 11.3 Å².